The fourth-order valence-corrected chi connectivity index (χ4v) is 6.13. The highest BCUT2D eigenvalue weighted by atomic mass is 32.2. The van der Waals surface area contributed by atoms with Gasteiger partial charge in [0, 0.05) is 39.0 Å². The lowest BCUT2D eigenvalue weighted by atomic mass is 9.79. The number of likely N-dealkylation sites (tertiary alicyclic amines) is 1. The van der Waals surface area contributed by atoms with Gasteiger partial charge in [0.1, 0.15) is 5.75 Å². The SMILES string of the molecule is CCCS(=O)(=O)N1C[C@@H](COc2ccccc2)[C@H](C2CCN(C(C)=O)CC2)C1. The number of ether oxygens (including phenoxy) is 1. The van der Waals surface area contributed by atoms with E-state index in [9.17, 15) is 13.2 Å². The summed E-state index contributed by atoms with van der Waals surface area (Å²) in [5, 5.41) is 0. The number of piperidine rings is 1. The first-order valence-electron chi connectivity index (χ1n) is 10.3. The van der Waals surface area contributed by atoms with Gasteiger partial charge in [-0.2, -0.15) is 0 Å². The zero-order chi connectivity index (χ0) is 20.1. The highest BCUT2D eigenvalue weighted by molar-refractivity contribution is 7.89. The number of hydrogen-bond donors (Lipinski definition) is 0. The van der Waals surface area contributed by atoms with Crippen molar-refractivity contribution in [3.8, 4) is 5.75 Å². The van der Waals surface area contributed by atoms with Crippen molar-refractivity contribution < 1.29 is 17.9 Å². The summed E-state index contributed by atoms with van der Waals surface area (Å²) in [7, 11) is -3.21. The molecule has 156 valence electrons. The van der Waals surface area contributed by atoms with E-state index in [0.717, 1.165) is 31.7 Å². The molecular formula is C21H32N2O4S. The monoisotopic (exact) mass is 408 g/mol. The van der Waals surface area contributed by atoms with Gasteiger partial charge in [0.2, 0.25) is 15.9 Å². The number of sulfonamides is 1. The highest BCUT2D eigenvalue weighted by Crippen LogP contribution is 2.37. The van der Waals surface area contributed by atoms with Crippen LogP contribution in [0.3, 0.4) is 0 Å². The van der Waals surface area contributed by atoms with Crippen molar-refractivity contribution in [1.29, 1.82) is 0 Å². The molecule has 2 fully saturated rings. The van der Waals surface area contributed by atoms with E-state index in [1.807, 2.05) is 42.2 Å². The average Bonchev–Trinajstić information content (AvgIpc) is 3.12. The van der Waals surface area contributed by atoms with Crippen LogP contribution < -0.4 is 4.74 Å². The minimum Gasteiger partial charge on any atom is -0.493 e. The molecule has 28 heavy (non-hydrogen) atoms. The third-order valence-electron chi connectivity index (χ3n) is 6.11. The minimum absolute atomic E-state index is 0.126. The second-order valence-corrected chi connectivity index (χ2v) is 10.1. The van der Waals surface area contributed by atoms with Gasteiger partial charge in [-0.15, -0.1) is 0 Å². The molecule has 2 heterocycles. The molecule has 2 aliphatic rings. The molecule has 2 atom stereocenters. The van der Waals surface area contributed by atoms with E-state index >= 15 is 0 Å². The van der Waals surface area contributed by atoms with Crippen molar-refractivity contribution in [3.05, 3.63) is 30.3 Å². The van der Waals surface area contributed by atoms with Crippen molar-refractivity contribution >= 4 is 15.9 Å². The van der Waals surface area contributed by atoms with E-state index in [1.54, 1.807) is 11.2 Å². The molecule has 0 aromatic heterocycles. The smallest absolute Gasteiger partial charge is 0.219 e. The number of rotatable bonds is 7. The van der Waals surface area contributed by atoms with Gasteiger partial charge >= 0.3 is 0 Å². The zero-order valence-corrected chi connectivity index (χ0v) is 17.7. The maximum absolute atomic E-state index is 12.7. The lowest BCUT2D eigenvalue weighted by Crippen LogP contribution is -2.40. The lowest BCUT2D eigenvalue weighted by molar-refractivity contribution is -0.130. The second-order valence-electron chi connectivity index (χ2n) is 8.02. The Balaban J connectivity index is 1.69. The molecule has 6 nitrogen and oxygen atoms in total. The summed E-state index contributed by atoms with van der Waals surface area (Å²) in [4.78, 5) is 13.5. The van der Waals surface area contributed by atoms with Gasteiger partial charge in [-0.25, -0.2) is 12.7 Å². The molecule has 1 aromatic carbocycles. The van der Waals surface area contributed by atoms with Crippen LogP contribution >= 0.6 is 0 Å². The largest absolute Gasteiger partial charge is 0.493 e. The Morgan fingerprint density at radius 2 is 1.82 bits per heavy atom. The van der Waals surface area contributed by atoms with Crippen molar-refractivity contribution in [3.63, 3.8) is 0 Å². The van der Waals surface area contributed by atoms with Crippen molar-refractivity contribution in [1.82, 2.24) is 9.21 Å². The molecule has 3 rings (SSSR count). The third-order valence-corrected chi connectivity index (χ3v) is 8.12. The Hall–Kier alpha value is -1.60. The van der Waals surface area contributed by atoms with E-state index in [1.165, 1.54) is 0 Å². The number of hydrogen-bond acceptors (Lipinski definition) is 4. The van der Waals surface area contributed by atoms with Crippen LogP contribution in [0.4, 0.5) is 0 Å². The summed E-state index contributed by atoms with van der Waals surface area (Å²) in [6, 6.07) is 9.70. The minimum atomic E-state index is -3.21. The highest BCUT2D eigenvalue weighted by Gasteiger charge is 2.43. The number of carbonyl (C=O) groups excluding carboxylic acids is 1. The fourth-order valence-electron chi connectivity index (χ4n) is 4.54. The molecule has 0 spiro atoms. The zero-order valence-electron chi connectivity index (χ0n) is 16.9. The van der Waals surface area contributed by atoms with Crippen LogP contribution in [0.5, 0.6) is 5.75 Å². The van der Waals surface area contributed by atoms with Gasteiger partial charge in [0.05, 0.1) is 12.4 Å². The van der Waals surface area contributed by atoms with E-state index in [4.69, 9.17) is 4.74 Å². The molecule has 1 amide bonds. The van der Waals surface area contributed by atoms with Crippen LogP contribution in [0.1, 0.15) is 33.1 Å². The summed E-state index contributed by atoms with van der Waals surface area (Å²) in [5.74, 6) is 2.05. The Labute approximate surface area is 168 Å². The van der Waals surface area contributed by atoms with Gasteiger partial charge in [-0.1, -0.05) is 25.1 Å². The quantitative estimate of drug-likeness (QED) is 0.696. The molecule has 0 radical (unpaired) electrons. The third kappa shape index (κ3) is 5.06. The summed E-state index contributed by atoms with van der Waals surface area (Å²) in [5.41, 5.74) is 0. The molecule has 0 aliphatic carbocycles. The summed E-state index contributed by atoms with van der Waals surface area (Å²) < 4.78 is 33.0. The van der Waals surface area contributed by atoms with Crippen LogP contribution in [-0.2, 0) is 14.8 Å². The maximum Gasteiger partial charge on any atom is 0.219 e. The van der Waals surface area contributed by atoms with Gasteiger partial charge in [-0.3, -0.25) is 4.79 Å². The Morgan fingerprint density at radius 3 is 2.43 bits per heavy atom. The van der Waals surface area contributed by atoms with Gasteiger partial charge < -0.3 is 9.64 Å². The topological polar surface area (TPSA) is 66.9 Å². The van der Waals surface area contributed by atoms with Crippen molar-refractivity contribution in [2.45, 2.75) is 33.1 Å². The van der Waals surface area contributed by atoms with Crippen LogP contribution in [0.15, 0.2) is 30.3 Å². The number of amides is 1. The standard InChI is InChI=1S/C21H32N2O4S/c1-3-13-28(25,26)23-14-19(16-27-20-7-5-4-6-8-20)21(15-23)18-9-11-22(12-10-18)17(2)24/h4-8,18-19,21H,3,9-16H2,1-2H3/t19-,21-/m0/s1. The van der Waals surface area contributed by atoms with Crippen LogP contribution in [0, 0.1) is 17.8 Å². The molecule has 2 saturated heterocycles. The summed E-state index contributed by atoms with van der Waals surface area (Å²) >= 11 is 0. The normalized spacial score (nSPS) is 24.4. The predicted molar refractivity (Wildman–Crippen MR) is 110 cm³/mol. The second kappa shape index (κ2) is 9.27. The molecular weight excluding hydrogens is 376 g/mol. The predicted octanol–water partition coefficient (Wildman–Crippen LogP) is 2.61. The molecule has 0 saturated carbocycles. The molecule has 0 bridgehead atoms. The first-order chi connectivity index (χ1) is 13.4. The van der Waals surface area contributed by atoms with Crippen LogP contribution in [-0.4, -0.2) is 62.1 Å². The van der Waals surface area contributed by atoms with Crippen LogP contribution in [0.25, 0.3) is 0 Å². The average molecular weight is 409 g/mol. The number of carbonyl (C=O) groups is 1. The molecule has 0 unspecified atom stereocenters. The molecule has 2 aliphatic heterocycles. The summed E-state index contributed by atoms with van der Waals surface area (Å²) in [6.45, 7) is 6.70. The Kier molecular flexibility index (Phi) is 6.99. The first-order valence-corrected chi connectivity index (χ1v) is 11.9. The molecule has 1 aromatic rings. The lowest BCUT2D eigenvalue weighted by Gasteiger charge is -2.36. The van der Waals surface area contributed by atoms with Crippen molar-refractivity contribution in [2.75, 3.05) is 38.5 Å². The summed E-state index contributed by atoms with van der Waals surface area (Å²) in [6.07, 6.45) is 2.51. The first kappa shape index (κ1) is 21.1. The van der Waals surface area contributed by atoms with Crippen molar-refractivity contribution in [2.24, 2.45) is 17.8 Å². The van der Waals surface area contributed by atoms with E-state index in [-0.39, 0.29) is 23.5 Å². The van der Waals surface area contributed by atoms with Gasteiger partial charge in [-0.05, 0) is 43.2 Å². The fraction of sp³-hybridized carbons (Fsp3) is 0.667. The van der Waals surface area contributed by atoms with Crippen LogP contribution in [0.2, 0.25) is 0 Å². The number of nitrogens with zero attached hydrogens (tertiary/aromatic N) is 2. The molecule has 7 heteroatoms. The number of para-hydroxylation sites is 1. The van der Waals surface area contributed by atoms with E-state index in [0.29, 0.717) is 32.0 Å². The maximum atomic E-state index is 12.7. The Morgan fingerprint density at radius 1 is 1.14 bits per heavy atom. The van der Waals surface area contributed by atoms with E-state index < -0.39 is 10.0 Å². The molecule has 0 N–H and O–H groups in total. The van der Waals surface area contributed by atoms with E-state index in [2.05, 4.69) is 0 Å². The Bertz CT molecular complexity index is 745. The number of benzene rings is 1. The van der Waals surface area contributed by atoms with Gasteiger partial charge in [0.25, 0.3) is 0 Å². The van der Waals surface area contributed by atoms with Gasteiger partial charge in [0.15, 0.2) is 0 Å².